The Bertz CT molecular complexity index is 1460. The van der Waals surface area contributed by atoms with Crippen LogP contribution < -0.4 is 10.7 Å². The molecule has 6 nitrogen and oxygen atoms in total. The summed E-state index contributed by atoms with van der Waals surface area (Å²) < 4.78 is 16.4. The van der Waals surface area contributed by atoms with Gasteiger partial charge in [-0.2, -0.15) is 5.10 Å². The summed E-state index contributed by atoms with van der Waals surface area (Å²) in [6.45, 7) is 5.99. The molecule has 0 aliphatic heterocycles. The van der Waals surface area contributed by atoms with E-state index in [0.29, 0.717) is 22.7 Å². The number of nitrogens with one attached hydrogen (secondary N) is 2. The Balaban J connectivity index is 1.53. The summed E-state index contributed by atoms with van der Waals surface area (Å²) in [5.74, 6) is -1.23. The van der Waals surface area contributed by atoms with E-state index in [1.165, 1.54) is 6.07 Å². The molecule has 0 fully saturated rings. The Labute approximate surface area is 220 Å². The summed E-state index contributed by atoms with van der Waals surface area (Å²) in [6, 6.07) is 20.1. The molecular weight excluding hydrogens is 491 g/mol. The molecule has 0 saturated heterocycles. The van der Waals surface area contributed by atoms with Crippen molar-refractivity contribution >= 4 is 40.5 Å². The third-order valence-electron chi connectivity index (χ3n) is 6.28. The molecule has 0 spiro atoms. The molecule has 0 aliphatic carbocycles. The number of aromatic nitrogens is 1. The minimum atomic E-state index is -0.788. The fraction of sp³-hybridized carbons (Fsp3) is 0.207. The lowest BCUT2D eigenvalue weighted by atomic mass is 10.0. The van der Waals surface area contributed by atoms with E-state index in [0.717, 1.165) is 22.2 Å². The van der Waals surface area contributed by atoms with Gasteiger partial charge in [0.1, 0.15) is 11.9 Å². The fourth-order valence-corrected chi connectivity index (χ4v) is 4.34. The number of carbonyl (C=O) groups excluding carboxylic acids is 2. The van der Waals surface area contributed by atoms with E-state index >= 15 is 0 Å². The number of benzene rings is 3. The maximum absolute atomic E-state index is 14.3. The predicted octanol–water partition coefficient (Wildman–Crippen LogP) is 5.70. The molecule has 0 radical (unpaired) electrons. The van der Waals surface area contributed by atoms with Gasteiger partial charge in [-0.3, -0.25) is 9.59 Å². The molecule has 0 saturated carbocycles. The summed E-state index contributed by atoms with van der Waals surface area (Å²) >= 11 is 5.90. The normalized spacial score (nSPS) is 12.3. The van der Waals surface area contributed by atoms with Crippen LogP contribution in [0.25, 0.3) is 10.9 Å². The highest BCUT2D eigenvalue weighted by Gasteiger charge is 2.24. The minimum Gasteiger partial charge on any atom is -0.340 e. The smallest absolute Gasteiger partial charge is 0.262 e. The average molecular weight is 519 g/mol. The molecule has 3 aromatic carbocycles. The van der Waals surface area contributed by atoms with E-state index in [2.05, 4.69) is 15.8 Å². The van der Waals surface area contributed by atoms with E-state index in [9.17, 15) is 14.0 Å². The van der Waals surface area contributed by atoms with Gasteiger partial charge >= 0.3 is 0 Å². The van der Waals surface area contributed by atoms with Crippen molar-refractivity contribution in [3.05, 3.63) is 106 Å². The second kappa shape index (κ2) is 11.4. The number of carbonyl (C=O) groups is 2. The second-order valence-electron chi connectivity index (χ2n) is 9.13. The van der Waals surface area contributed by atoms with Crippen molar-refractivity contribution in [2.24, 2.45) is 11.0 Å². The minimum absolute atomic E-state index is 0.170. The largest absolute Gasteiger partial charge is 0.340 e. The van der Waals surface area contributed by atoms with Crippen LogP contribution in [0.2, 0.25) is 5.02 Å². The van der Waals surface area contributed by atoms with Crippen molar-refractivity contribution in [1.29, 1.82) is 0 Å². The maximum atomic E-state index is 14.3. The van der Waals surface area contributed by atoms with Gasteiger partial charge in [-0.05, 0) is 49.2 Å². The summed E-state index contributed by atoms with van der Waals surface area (Å²) in [7, 11) is 0. The summed E-state index contributed by atoms with van der Waals surface area (Å²) in [5.41, 5.74) is 6.20. The lowest BCUT2D eigenvalue weighted by Crippen LogP contribution is -2.48. The van der Waals surface area contributed by atoms with Gasteiger partial charge in [0.05, 0.1) is 12.8 Å². The summed E-state index contributed by atoms with van der Waals surface area (Å²) in [4.78, 5) is 25.6. The molecule has 4 rings (SSSR count). The number of rotatable bonds is 8. The third-order valence-corrected chi connectivity index (χ3v) is 6.53. The van der Waals surface area contributed by atoms with Crippen molar-refractivity contribution in [3.63, 3.8) is 0 Å². The Morgan fingerprint density at radius 2 is 1.70 bits per heavy atom. The van der Waals surface area contributed by atoms with Gasteiger partial charge in [-0.25, -0.2) is 9.82 Å². The molecule has 1 atom stereocenters. The van der Waals surface area contributed by atoms with E-state index in [4.69, 9.17) is 11.6 Å². The van der Waals surface area contributed by atoms with Crippen LogP contribution in [0, 0.1) is 18.7 Å². The van der Waals surface area contributed by atoms with Gasteiger partial charge in [0.2, 0.25) is 0 Å². The Kier molecular flexibility index (Phi) is 8.04. The number of halogens is 2. The third kappa shape index (κ3) is 5.89. The molecule has 37 heavy (non-hydrogen) atoms. The van der Waals surface area contributed by atoms with Crippen molar-refractivity contribution in [2.75, 3.05) is 0 Å². The van der Waals surface area contributed by atoms with E-state index in [1.807, 2.05) is 55.7 Å². The van der Waals surface area contributed by atoms with Crippen molar-refractivity contribution in [2.45, 2.75) is 33.4 Å². The molecule has 190 valence electrons. The number of amides is 2. The summed E-state index contributed by atoms with van der Waals surface area (Å²) in [5, 5.41) is 8.43. The first-order valence-electron chi connectivity index (χ1n) is 12.0. The van der Waals surface area contributed by atoms with Crippen LogP contribution in [0.15, 0.2) is 77.9 Å². The lowest BCUT2D eigenvalue weighted by molar-refractivity contribution is -0.123. The molecule has 1 aromatic heterocycles. The number of nitrogens with zero attached hydrogens (tertiary/aromatic N) is 2. The van der Waals surface area contributed by atoms with Gasteiger partial charge in [-0.1, -0.05) is 61.8 Å². The van der Waals surface area contributed by atoms with Gasteiger partial charge < -0.3 is 9.88 Å². The van der Waals surface area contributed by atoms with Crippen molar-refractivity contribution in [1.82, 2.24) is 15.3 Å². The Hall–Kier alpha value is -3.97. The number of para-hydroxylation sites is 1. The molecular formula is C29H28ClFN4O2. The first-order valence-corrected chi connectivity index (χ1v) is 12.3. The average Bonchev–Trinajstić information content (AvgIpc) is 3.14. The van der Waals surface area contributed by atoms with E-state index < -0.39 is 11.9 Å². The van der Waals surface area contributed by atoms with Gasteiger partial charge in [-0.15, -0.1) is 0 Å². The number of hydrogen-bond donors (Lipinski definition) is 2. The van der Waals surface area contributed by atoms with Crippen LogP contribution in [0.5, 0.6) is 0 Å². The zero-order valence-electron chi connectivity index (χ0n) is 20.8. The van der Waals surface area contributed by atoms with Crippen LogP contribution in [0.1, 0.15) is 41.0 Å². The monoisotopic (exact) mass is 518 g/mol. The highest BCUT2D eigenvalue weighted by Crippen LogP contribution is 2.26. The van der Waals surface area contributed by atoms with Crippen LogP contribution in [-0.4, -0.2) is 28.6 Å². The molecule has 0 aliphatic rings. The van der Waals surface area contributed by atoms with Crippen LogP contribution in [0.4, 0.5) is 4.39 Å². The zero-order chi connectivity index (χ0) is 26.5. The lowest BCUT2D eigenvalue weighted by Gasteiger charge is -2.20. The first kappa shape index (κ1) is 26.1. The molecule has 8 heteroatoms. The van der Waals surface area contributed by atoms with Crippen LogP contribution in [0.3, 0.4) is 0 Å². The summed E-state index contributed by atoms with van der Waals surface area (Å²) in [6.07, 6.45) is 1.59. The second-order valence-corrected chi connectivity index (χ2v) is 9.57. The quantitative estimate of drug-likeness (QED) is 0.232. The number of hydrazone groups is 1. The highest BCUT2D eigenvalue weighted by molar-refractivity contribution is 6.30. The van der Waals surface area contributed by atoms with Crippen LogP contribution >= 0.6 is 11.6 Å². The Morgan fingerprint density at radius 3 is 2.41 bits per heavy atom. The van der Waals surface area contributed by atoms with Crippen LogP contribution in [-0.2, 0) is 11.3 Å². The van der Waals surface area contributed by atoms with Crippen molar-refractivity contribution in [3.8, 4) is 0 Å². The zero-order valence-corrected chi connectivity index (χ0v) is 21.6. The molecule has 1 unspecified atom stereocenters. The standard InChI is InChI=1S/C29H28ClFN4O2/c1-18(2)27(33-28(36)20-12-14-22(30)15-13-20)29(37)34-32-16-24-19(3)35(26-11-7-5-9-23(24)26)17-21-8-4-6-10-25(21)31/h4-16,18,27H,17H2,1-3H3,(H,33,36)(H,34,37)/b32-16-. The SMILES string of the molecule is Cc1c(/C=N\NC(=O)C(NC(=O)c2ccc(Cl)cc2)C(C)C)c2ccccc2n1Cc1ccccc1F. The van der Waals surface area contributed by atoms with Gasteiger partial charge in [0.15, 0.2) is 0 Å². The van der Waals surface area contributed by atoms with E-state index in [1.54, 1.807) is 42.6 Å². The Morgan fingerprint density at radius 1 is 1.03 bits per heavy atom. The van der Waals surface area contributed by atoms with Crippen molar-refractivity contribution < 1.29 is 14.0 Å². The first-order chi connectivity index (χ1) is 17.8. The molecule has 4 aromatic rings. The van der Waals surface area contributed by atoms with E-state index in [-0.39, 0.29) is 17.6 Å². The molecule has 2 N–H and O–H groups in total. The molecule has 2 amide bonds. The molecule has 1 heterocycles. The highest BCUT2D eigenvalue weighted by atomic mass is 35.5. The predicted molar refractivity (Wildman–Crippen MR) is 145 cm³/mol. The number of fused-ring (bicyclic) bond motifs is 1. The number of hydrogen-bond acceptors (Lipinski definition) is 3. The van der Waals surface area contributed by atoms with Gasteiger partial charge in [0.25, 0.3) is 11.8 Å². The fourth-order valence-electron chi connectivity index (χ4n) is 4.21. The van der Waals surface area contributed by atoms with Gasteiger partial charge in [0, 0.05) is 38.3 Å². The maximum Gasteiger partial charge on any atom is 0.262 e. The molecule has 0 bridgehead atoms. The topological polar surface area (TPSA) is 75.5 Å².